The Labute approximate surface area is 145 Å². The molecule has 0 saturated carbocycles. The van der Waals surface area contributed by atoms with Gasteiger partial charge in [-0.1, -0.05) is 6.42 Å². The van der Waals surface area contributed by atoms with Crippen molar-refractivity contribution < 1.29 is 4.74 Å². The van der Waals surface area contributed by atoms with Crippen molar-refractivity contribution in [2.24, 2.45) is 0 Å². The first kappa shape index (κ1) is 16.5. The summed E-state index contributed by atoms with van der Waals surface area (Å²) in [5, 5.41) is 5.27. The highest BCUT2D eigenvalue weighted by Crippen LogP contribution is 2.24. The number of nitrogens with one attached hydrogen (secondary N) is 1. The van der Waals surface area contributed by atoms with Crippen molar-refractivity contribution in [1.29, 1.82) is 0 Å². The van der Waals surface area contributed by atoms with E-state index in [9.17, 15) is 0 Å². The molecule has 1 fully saturated rings. The molecule has 23 heavy (non-hydrogen) atoms. The molecule has 0 unspecified atom stereocenters. The van der Waals surface area contributed by atoms with Crippen LogP contribution in [-0.4, -0.2) is 39.9 Å². The van der Waals surface area contributed by atoms with Crippen molar-refractivity contribution in [3.63, 3.8) is 0 Å². The fraction of sp³-hybridized carbons (Fsp3) is 0.600. The maximum absolute atomic E-state index is 5.81. The number of nitrogen functional groups attached to an aromatic ring is 1. The zero-order chi connectivity index (χ0) is 15.9. The van der Waals surface area contributed by atoms with Crippen LogP contribution in [0, 0.1) is 0 Å². The lowest BCUT2D eigenvalue weighted by atomic mass is 10.1. The van der Waals surface area contributed by atoms with Gasteiger partial charge in [0.05, 0.1) is 18.3 Å². The van der Waals surface area contributed by atoms with Gasteiger partial charge in [-0.3, -0.25) is 4.90 Å². The normalized spacial score (nSPS) is 15.7. The summed E-state index contributed by atoms with van der Waals surface area (Å²) in [7, 11) is 0. The van der Waals surface area contributed by atoms with E-state index in [1.807, 2.05) is 0 Å². The van der Waals surface area contributed by atoms with Gasteiger partial charge in [0, 0.05) is 23.3 Å². The lowest BCUT2D eigenvalue weighted by Crippen LogP contribution is -2.28. The molecule has 0 spiro atoms. The Hall–Kier alpha value is -1.38. The third-order valence-corrected chi connectivity index (χ3v) is 5.30. The number of nitrogens with zero attached hydrogens (tertiary/aromatic N) is 3. The summed E-state index contributed by atoms with van der Waals surface area (Å²) < 4.78 is 13.8. The summed E-state index contributed by atoms with van der Waals surface area (Å²) in [6.45, 7) is 4.99. The van der Waals surface area contributed by atoms with Crippen molar-refractivity contribution in [2.45, 2.75) is 32.2 Å². The van der Waals surface area contributed by atoms with Crippen LogP contribution in [-0.2, 0) is 6.54 Å². The Bertz CT molecular complexity index is 594. The number of thiophene rings is 1. The Morgan fingerprint density at radius 1 is 1.26 bits per heavy atom. The van der Waals surface area contributed by atoms with Crippen molar-refractivity contribution in [3.8, 4) is 5.75 Å². The molecule has 1 saturated heterocycles. The minimum atomic E-state index is 0.469. The van der Waals surface area contributed by atoms with Crippen LogP contribution in [0.15, 0.2) is 11.4 Å². The lowest BCUT2D eigenvalue weighted by Gasteiger charge is -2.25. The maximum Gasteiger partial charge on any atom is 0.184 e. The van der Waals surface area contributed by atoms with Crippen LogP contribution in [0.2, 0.25) is 0 Å². The maximum atomic E-state index is 5.81. The van der Waals surface area contributed by atoms with Crippen LogP contribution in [0.25, 0.3) is 0 Å². The Balaban J connectivity index is 1.33. The number of nitrogens with two attached hydrogens (primary N) is 1. The molecule has 3 N–H and O–H groups in total. The van der Waals surface area contributed by atoms with E-state index in [0.717, 1.165) is 37.0 Å². The molecule has 0 atom stereocenters. The van der Waals surface area contributed by atoms with E-state index in [1.54, 1.807) is 11.3 Å². The van der Waals surface area contributed by atoms with Crippen LogP contribution in [0.4, 0.5) is 11.6 Å². The smallest absolute Gasteiger partial charge is 0.184 e. The number of rotatable bonds is 8. The van der Waals surface area contributed by atoms with Gasteiger partial charge in [0.25, 0.3) is 0 Å². The SMILES string of the molecule is Nc1nsnc1NCCCOc1csc(CN2CCCCC2)c1. The summed E-state index contributed by atoms with van der Waals surface area (Å²) in [6.07, 6.45) is 4.95. The molecule has 2 aromatic rings. The van der Waals surface area contributed by atoms with Crippen LogP contribution >= 0.6 is 23.1 Å². The number of hydrogen-bond donors (Lipinski definition) is 2. The number of piperidine rings is 1. The topological polar surface area (TPSA) is 76.3 Å². The second kappa shape index (κ2) is 8.47. The fourth-order valence-electron chi connectivity index (χ4n) is 2.64. The van der Waals surface area contributed by atoms with Crippen molar-refractivity contribution in [2.75, 3.05) is 37.3 Å². The van der Waals surface area contributed by atoms with Gasteiger partial charge >= 0.3 is 0 Å². The number of ether oxygens (including phenoxy) is 1. The highest BCUT2D eigenvalue weighted by atomic mass is 32.1. The summed E-state index contributed by atoms with van der Waals surface area (Å²) in [6, 6.07) is 2.18. The summed E-state index contributed by atoms with van der Waals surface area (Å²) >= 11 is 2.91. The van der Waals surface area contributed by atoms with Crippen molar-refractivity contribution in [1.82, 2.24) is 13.6 Å². The Morgan fingerprint density at radius 2 is 2.13 bits per heavy atom. The van der Waals surface area contributed by atoms with Crippen molar-refractivity contribution >= 4 is 34.7 Å². The van der Waals surface area contributed by atoms with Crippen LogP contribution in [0.5, 0.6) is 5.75 Å². The van der Waals surface area contributed by atoms with Gasteiger partial charge in [0.15, 0.2) is 11.6 Å². The van der Waals surface area contributed by atoms with Gasteiger partial charge in [-0.05, 0) is 38.4 Å². The predicted octanol–water partition coefficient (Wildman–Crippen LogP) is 3.05. The standard InChI is InChI=1S/C15H23N5OS2/c16-14-15(19-23-18-14)17-5-4-8-21-12-9-13(22-11-12)10-20-6-2-1-3-7-20/h9,11H,1-8,10H2,(H2,16,18)(H,17,19). The summed E-state index contributed by atoms with van der Waals surface area (Å²) in [4.78, 5) is 3.93. The summed E-state index contributed by atoms with van der Waals surface area (Å²) in [5.74, 6) is 2.13. The third-order valence-electron chi connectivity index (χ3n) is 3.85. The third kappa shape index (κ3) is 5.05. The Morgan fingerprint density at radius 3 is 2.91 bits per heavy atom. The molecule has 1 aliphatic heterocycles. The molecule has 126 valence electrons. The average molecular weight is 354 g/mol. The van der Waals surface area contributed by atoms with Crippen LogP contribution in [0.1, 0.15) is 30.6 Å². The zero-order valence-electron chi connectivity index (χ0n) is 13.2. The quantitative estimate of drug-likeness (QED) is 0.711. The van der Waals surface area contributed by atoms with Gasteiger partial charge in [0.2, 0.25) is 0 Å². The van der Waals surface area contributed by atoms with E-state index in [0.29, 0.717) is 18.2 Å². The second-order valence-electron chi connectivity index (χ2n) is 5.71. The monoisotopic (exact) mass is 353 g/mol. The molecule has 0 amide bonds. The molecular formula is C15H23N5OS2. The number of hydrogen-bond acceptors (Lipinski definition) is 8. The molecule has 6 nitrogen and oxygen atoms in total. The van der Waals surface area contributed by atoms with Gasteiger partial charge in [-0.2, -0.15) is 8.75 Å². The first-order valence-corrected chi connectivity index (χ1v) is 9.67. The average Bonchev–Trinajstić information content (AvgIpc) is 3.17. The highest BCUT2D eigenvalue weighted by Gasteiger charge is 2.11. The van der Waals surface area contributed by atoms with E-state index in [4.69, 9.17) is 10.5 Å². The van der Waals surface area contributed by atoms with Crippen LogP contribution < -0.4 is 15.8 Å². The number of aromatic nitrogens is 2. The molecule has 0 aromatic carbocycles. The van der Waals surface area contributed by atoms with E-state index >= 15 is 0 Å². The van der Waals surface area contributed by atoms with E-state index in [1.165, 1.54) is 37.2 Å². The van der Waals surface area contributed by atoms with Crippen molar-refractivity contribution in [3.05, 3.63) is 16.3 Å². The highest BCUT2D eigenvalue weighted by molar-refractivity contribution is 7.10. The van der Waals surface area contributed by atoms with Crippen LogP contribution in [0.3, 0.4) is 0 Å². The number of anilines is 2. The van der Waals surface area contributed by atoms with Gasteiger partial charge in [-0.25, -0.2) is 0 Å². The first-order valence-electron chi connectivity index (χ1n) is 8.06. The van der Waals surface area contributed by atoms with Gasteiger partial charge in [0.1, 0.15) is 5.75 Å². The molecule has 8 heteroatoms. The van der Waals surface area contributed by atoms with E-state index in [2.05, 4.69) is 30.4 Å². The molecule has 3 rings (SSSR count). The molecule has 0 bridgehead atoms. The molecule has 3 heterocycles. The minimum absolute atomic E-state index is 0.469. The molecule has 0 radical (unpaired) electrons. The second-order valence-corrected chi connectivity index (χ2v) is 7.24. The van der Waals surface area contributed by atoms with Gasteiger partial charge < -0.3 is 15.8 Å². The molecule has 2 aromatic heterocycles. The first-order chi connectivity index (χ1) is 11.3. The molecule has 1 aliphatic rings. The Kier molecular flexibility index (Phi) is 6.06. The predicted molar refractivity (Wildman–Crippen MR) is 96.4 cm³/mol. The van der Waals surface area contributed by atoms with E-state index < -0.39 is 0 Å². The zero-order valence-corrected chi connectivity index (χ0v) is 14.8. The van der Waals surface area contributed by atoms with Gasteiger partial charge in [-0.15, -0.1) is 11.3 Å². The lowest BCUT2D eigenvalue weighted by molar-refractivity contribution is 0.222. The largest absolute Gasteiger partial charge is 0.493 e. The minimum Gasteiger partial charge on any atom is -0.493 e. The summed E-state index contributed by atoms with van der Waals surface area (Å²) in [5.41, 5.74) is 5.67. The fourth-order valence-corrected chi connectivity index (χ4v) is 3.94. The van der Waals surface area contributed by atoms with E-state index in [-0.39, 0.29) is 0 Å². The molecule has 0 aliphatic carbocycles. The molecular weight excluding hydrogens is 330 g/mol. The number of likely N-dealkylation sites (tertiary alicyclic amines) is 1.